The van der Waals surface area contributed by atoms with Crippen molar-refractivity contribution in [2.45, 2.75) is 24.8 Å². The number of alkyl halides is 3. The lowest BCUT2D eigenvalue weighted by atomic mass is 9.77. The van der Waals surface area contributed by atoms with Gasteiger partial charge in [-0.25, -0.2) is 0 Å². The Kier molecular flexibility index (Phi) is 3.66. The van der Waals surface area contributed by atoms with Crippen LogP contribution in [0.25, 0.3) is 0 Å². The summed E-state index contributed by atoms with van der Waals surface area (Å²) in [4.78, 5) is 26.5. The van der Waals surface area contributed by atoms with Crippen molar-refractivity contribution in [3.05, 3.63) is 42.0 Å². The van der Waals surface area contributed by atoms with Gasteiger partial charge in [-0.15, -0.1) is 0 Å². The van der Waals surface area contributed by atoms with Gasteiger partial charge >= 0.3 is 12.1 Å². The van der Waals surface area contributed by atoms with E-state index in [-0.39, 0.29) is 18.8 Å². The molecule has 2 fully saturated rings. The van der Waals surface area contributed by atoms with Gasteiger partial charge in [-0.05, 0) is 25.1 Å². The first-order chi connectivity index (χ1) is 12.3. The zero-order chi connectivity index (χ0) is 18.7. The Hall–Kier alpha value is -2.35. The molecule has 3 heterocycles. The normalized spacial score (nSPS) is 32.2. The molecule has 138 valence electrons. The average Bonchev–Trinajstić information content (AvgIpc) is 3.23. The van der Waals surface area contributed by atoms with Crippen molar-refractivity contribution in [2.75, 3.05) is 18.1 Å². The van der Waals surface area contributed by atoms with Crippen molar-refractivity contribution in [1.82, 2.24) is 0 Å². The summed E-state index contributed by atoms with van der Waals surface area (Å²) in [5, 5.41) is 0. The maximum Gasteiger partial charge on any atom is 0.416 e. The quantitative estimate of drug-likeness (QED) is 0.609. The minimum absolute atomic E-state index is 0.0702. The largest absolute Gasteiger partial charge is 0.466 e. The molecule has 0 unspecified atom stereocenters. The van der Waals surface area contributed by atoms with Gasteiger partial charge in [0.15, 0.2) is 0 Å². The van der Waals surface area contributed by atoms with Crippen LogP contribution in [0.2, 0.25) is 0 Å². The molecule has 3 aliphatic heterocycles. The van der Waals surface area contributed by atoms with Gasteiger partial charge in [0.25, 0.3) is 0 Å². The Balaban J connectivity index is 1.68. The second-order valence-electron chi connectivity index (χ2n) is 6.62. The Bertz CT molecular complexity index is 806. The van der Waals surface area contributed by atoms with E-state index in [2.05, 4.69) is 0 Å². The lowest BCUT2D eigenvalue weighted by Gasteiger charge is -2.22. The summed E-state index contributed by atoms with van der Waals surface area (Å²) < 4.78 is 49.9. The summed E-state index contributed by atoms with van der Waals surface area (Å²) in [6.07, 6.45) is -1.58. The molecular weight excluding hydrogens is 351 g/mol. The number of halogens is 3. The van der Waals surface area contributed by atoms with Crippen molar-refractivity contribution in [3.8, 4) is 0 Å². The van der Waals surface area contributed by atoms with Gasteiger partial charge in [0, 0.05) is 5.69 Å². The van der Waals surface area contributed by atoms with E-state index in [1.165, 1.54) is 17.0 Å². The molecule has 0 N–H and O–H groups in total. The highest BCUT2D eigenvalue weighted by molar-refractivity contribution is 6.02. The molecule has 0 saturated carbocycles. The highest BCUT2D eigenvalue weighted by Gasteiger charge is 2.67. The second kappa shape index (κ2) is 5.57. The topological polar surface area (TPSA) is 55.8 Å². The Labute approximate surface area is 147 Å². The third kappa shape index (κ3) is 2.35. The van der Waals surface area contributed by atoms with E-state index in [1.807, 2.05) is 0 Å². The fourth-order valence-corrected chi connectivity index (χ4v) is 4.07. The van der Waals surface area contributed by atoms with Gasteiger partial charge in [-0.3, -0.25) is 9.59 Å². The van der Waals surface area contributed by atoms with Crippen molar-refractivity contribution in [3.63, 3.8) is 0 Å². The number of amides is 1. The second-order valence-corrected chi connectivity index (χ2v) is 6.62. The van der Waals surface area contributed by atoms with E-state index in [0.29, 0.717) is 0 Å². The number of hydrogen-bond acceptors (Lipinski definition) is 4. The first kappa shape index (κ1) is 17.1. The fourth-order valence-electron chi connectivity index (χ4n) is 4.07. The number of carbonyl (C=O) groups excluding carboxylic acids is 2. The van der Waals surface area contributed by atoms with E-state index in [9.17, 15) is 22.8 Å². The fraction of sp³-hybridized carbons (Fsp3) is 0.444. The molecule has 4 atom stereocenters. The molecule has 3 aliphatic rings. The highest BCUT2D eigenvalue weighted by atomic mass is 19.4. The van der Waals surface area contributed by atoms with Crippen LogP contribution >= 0.6 is 0 Å². The first-order valence-corrected chi connectivity index (χ1v) is 8.29. The number of anilines is 1. The third-order valence-corrected chi connectivity index (χ3v) is 5.14. The zero-order valence-electron chi connectivity index (χ0n) is 13.8. The Morgan fingerprint density at radius 3 is 2.88 bits per heavy atom. The van der Waals surface area contributed by atoms with Gasteiger partial charge in [0.2, 0.25) is 5.91 Å². The number of carbonyl (C=O) groups is 2. The van der Waals surface area contributed by atoms with Gasteiger partial charge in [0.05, 0.1) is 30.7 Å². The number of nitrogens with zero attached hydrogens (tertiary/aromatic N) is 1. The molecule has 2 saturated heterocycles. The lowest BCUT2D eigenvalue weighted by molar-refractivity contribution is -0.151. The molecule has 1 spiro atoms. The maximum atomic E-state index is 13.0. The van der Waals surface area contributed by atoms with Crippen LogP contribution in [0, 0.1) is 11.8 Å². The summed E-state index contributed by atoms with van der Waals surface area (Å²) in [6.45, 7) is 1.92. The van der Waals surface area contributed by atoms with Crippen LogP contribution in [0.15, 0.2) is 36.4 Å². The van der Waals surface area contributed by atoms with E-state index >= 15 is 0 Å². The molecule has 26 heavy (non-hydrogen) atoms. The number of ether oxygens (including phenoxy) is 2. The van der Waals surface area contributed by atoms with E-state index in [0.717, 1.165) is 12.1 Å². The Morgan fingerprint density at radius 2 is 2.19 bits per heavy atom. The molecule has 0 radical (unpaired) electrons. The van der Waals surface area contributed by atoms with Gasteiger partial charge in [-0.1, -0.05) is 18.2 Å². The number of rotatable bonds is 3. The monoisotopic (exact) mass is 367 g/mol. The van der Waals surface area contributed by atoms with Gasteiger partial charge in [0.1, 0.15) is 11.5 Å². The summed E-state index contributed by atoms with van der Waals surface area (Å²) in [5.41, 5.74) is -1.69. The zero-order valence-corrected chi connectivity index (χ0v) is 13.8. The van der Waals surface area contributed by atoms with Crippen LogP contribution in [0.3, 0.4) is 0 Å². The molecule has 8 heteroatoms. The Morgan fingerprint density at radius 1 is 1.42 bits per heavy atom. The molecule has 0 aliphatic carbocycles. The van der Waals surface area contributed by atoms with Crippen LogP contribution in [-0.2, 0) is 25.2 Å². The highest BCUT2D eigenvalue weighted by Crippen LogP contribution is 2.53. The molecule has 1 aromatic carbocycles. The molecular formula is C18H16F3NO4. The molecule has 1 aromatic rings. The SMILES string of the molecule is CCOC(=O)[C@@H]1[C@H]2C=C[C@@]3(CN(c4cccc(C(F)(F)F)c4)C(=O)[C@@H]13)O2. The standard InChI is InChI=1S/C18H16F3NO4/c1-2-25-16(24)13-12-6-7-17(26-12)9-22(15(23)14(13)17)11-5-3-4-10(8-11)18(19,20)21/h3-8,12-14H,2,9H2,1H3/t12-,13-,14-,17+/m1/s1. The van der Waals surface area contributed by atoms with Crippen molar-refractivity contribution in [1.29, 1.82) is 0 Å². The molecule has 2 bridgehead atoms. The van der Waals surface area contributed by atoms with Gasteiger partial charge in [-0.2, -0.15) is 13.2 Å². The van der Waals surface area contributed by atoms with Crippen molar-refractivity contribution < 1.29 is 32.2 Å². The van der Waals surface area contributed by atoms with Crippen LogP contribution in [0.4, 0.5) is 18.9 Å². The minimum Gasteiger partial charge on any atom is -0.466 e. The van der Waals surface area contributed by atoms with E-state index in [1.54, 1.807) is 19.1 Å². The predicted octanol–water partition coefficient (Wildman–Crippen LogP) is 2.55. The number of hydrogen-bond donors (Lipinski definition) is 0. The molecule has 0 aromatic heterocycles. The summed E-state index contributed by atoms with van der Waals surface area (Å²) in [5.74, 6) is -2.50. The van der Waals surface area contributed by atoms with Crippen LogP contribution in [0.5, 0.6) is 0 Å². The molecule has 1 amide bonds. The molecule has 4 rings (SSSR count). The van der Waals surface area contributed by atoms with Crippen LogP contribution in [-0.4, -0.2) is 36.7 Å². The number of benzene rings is 1. The summed E-state index contributed by atoms with van der Waals surface area (Å²) in [7, 11) is 0. The van der Waals surface area contributed by atoms with E-state index in [4.69, 9.17) is 9.47 Å². The summed E-state index contributed by atoms with van der Waals surface area (Å²) in [6, 6.07) is 4.59. The summed E-state index contributed by atoms with van der Waals surface area (Å²) >= 11 is 0. The smallest absolute Gasteiger partial charge is 0.416 e. The lowest BCUT2D eigenvalue weighted by Crippen LogP contribution is -2.40. The van der Waals surface area contributed by atoms with Crippen molar-refractivity contribution >= 4 is 17.6 Å². The van der Waals surface area contributed by atoms with Gasteiger partial charge < -0.3 is 14.4 Å². The first-order valence-electron chi connectivity index (χ1n) is 8.29. The minimum atomic E-state index is -4.50. The maximum absolute atomic E-state index is 13.0. The number of esters is 1. The van der Waals surface area contributed by atoms with Crippen molar-refractivity contribution in [2.24, 2.45) is 11.8 Å². The predicted molar refractivity (Wildman–Crippen MR) is 84.2 cm³/mol. The van der Waals surface area contributed by atoms with E-state index < -0.39 is 47.2 Å². The molecule has 5 nitrogen and oxygen atoms in total. The van der Waals surface area contributed by atoms with Crippen LogP contribution in [0.1, 0.15) is 12.5 Å². The number of fused-ring (bicyclic) bond motifs is 1. The van der Waals surface area contributed by atoms with Crippen LogP contribution < -0.4 is 4.90 Å². The average molecular weight is 367 g/mol. The third-order valence-electron chi connectivity index (χ3n) is 5.14.